The Hall–Kier alpha value is -0.860. The average molecular weight is 234 g/mol. The van der Waals surface area contributed by atoms with E-state index in [0.717, 1.165) is 25.9 Å². The van der Waals surface area contributed by atoms with Gasteiger partial charge in [0.1, 0.15) is 0 Å². The Morgan fingerprint density at radius 2 is 2.00 bits per heavy atom. The summed E-state index contributed by atoms with van der Waals surface area (Å²) in [4.78, 5) is 0. The van der Waals surface area contributed by atoms with Crippen LogP contribution in [0.4, 0.5) is 0 Å². The smallest absolute Gasteiger partial charge is 0.0812 e. The molecule has 1 aliphatic heterocycles. The fourth-order valence-corrected chi connectivity index (χ4v) is 2.47. The van der Waals surface area contributed by atoms with Gasteiger partial charge < -0.3 is 9.84 Å². The summed E-state index contributed by atoms with van der Waals surface area (Å²) in [7, 11) is 0. The number of epoxide rings is 1. The van der Waals surface area contributed by atoms with Crippen molar-refractivity contribution < 1.29 is 9.84 Å². The monoisotopic (exact) mass is 234 g/mol. The van der Waals surface area contributed by atoms with Crippen molar-refractivity contribution in [1.82, 2.24) is 0 Å². The summed E-state index contributed by atoms with van der Waals surface area (Å²) < 4.78 is 5.31. The van der Waals surface area contributed by atoms with Crippen LogP contribution >= 0.6 is 0 Å². The van der Waals surface area contributed by atoms with Crippen LogP contribution in [-0.4, -0.2) is 23.4 Å². The second-order valence-electron chi connectivity index (χ2n) is 5.76. The normalized spacial score (nSPS) is 21.2. The number of hydrogen-bond acceptors (Lipinski definition) is 2. The molecule has 0 radical (unpaired) electrons. The van der Waals surface area contributed by atoms with E-state index < -0.39 is 5.60 Å². The van der Waals surface area contributed by atoms with Gasteiger partial charge in [-0.25, -0.2) is 0 Å². The first-order valence-electron chi connectivity index (χ1n) is 6.41. The van der Waals surface area contributed by atoms with Crippen molar-refractivity contribution in [2.24, 2.45) is 5.92 Å². The number of rotatable bonds is 6. The van der Waals surface area contributed by atoms with Crippen molar-refractivity contribution in [1.29, 1.82) is 0 Å². The van der Waals surface area contributed by atoms with Crippen molar-refractivity contribution >= 4 is 0 Å². The summed E-state index contributed by atoms with van der Waals surface area (Å²) in [6, 6.07) is 10.5. The molecule has 1 aliphatic rings. The van der Waals surface area contributed by atoms with E-state index in [2.05, 4.69) is 24.3 Å². The number of ether oxygens (including phenoxy) is 1. The Morgan fingerprint density at radius 3 is 2.53 bits per heavy atom. The third kappa shape index (κ3) is 4.88. The maximum absolute atomic E-state index is 9.96. The number of hydrogen-bond donors (Lipinski definition) is 1. The first-order chi connectivity index (χ1) is 8.03. The van der Waals surface area contributed by atoms with Crippen molar-refractivity contribution in [2.75, 3.05) is 6.61 Å². The molecule has 0 saturated carbocycles. The van der Waals surface area contributed by atoms with Crippen molar-refractivity contribution in [2.45, 2.75) is 44.8 Å². The SMILES string of the molecule is CC(C)(O)CC(Cc1ccccc1)CC1CO1. The Morgan fingerprint density at radius 1 is 1.35 bits per heavy atom. The molecule has 1 aromatic carbocycles. The lowest BCUT2D eigenvalue weighted by molar-refractivity contribution is 0.0497. The van der Waals surface area contributed by atoms with Gasteiger partial charge in [0, 0.05) is 0 Å². The van der Waals surface area contributed by atoms with Gasteiger partial charge in [-0.15, -0.1) is 0 Å². The van der Waals surface area contributed by atoms with E-state index >= 15 is 0 Å². The van der Waals surface area contributed by atoms with Gasteiger partial charge in [0.25, 0.3) is 0 Å². The van der Waals surface area contributed by atoms with Crippen LogP contribution in [-0.2, 0) is 11.2 Å². The minimum Gasteiger partial charge on any atom is -0.390 e. The first kappa shape index (κ1) is 12.6. The van der Waals surface area contributed by atoms with Crippen LogP contribution in [0.2, 0.25) is 0 Å². The fraction of sp³-hybridized carbons (Fsp3) is 0.600. The standard InChI is InChI=1S/C15H22O2/c1-15(2,16)10-13(9-14-11-17-14)8-12-6-4-3-5-7-12/h3-7,13-14,16H,8-11H2,1-2H3. The summed E-state index contributed by atoms with van der Waals surface area (Å²) >= 11 is 0. The van der Waals surface area contributed by atoms with Gasteiger partial charge >= 0.3 is 0 Å². The highest BCUT2D eigenvalue weighted by atomic mass is 16.6. The molecular formula is C15H22O2. The molecule has 94 valence electrons. The molecule has 0 bridgehead atoms. The number of benzene rings is 1. The van der Waals surface area contributed by atoms with Crippen LogP contribution in [0.15, 0.2) is 30.3 Å². The maximum atomic E-state index is 9.96. The van der Waals surface area contributed by atoms with Crippen LogP contribution < -0.4 is 0 Å². The van der Waals surface area contributed by atoms with Gasteiger partial charge in [-0.2, -0.15) is 0 Å². The largest absolute Gasteiger partial charge is 0.390 e. The topological polar surface area (TPSA) is 32.8 Å². The third-order valence-corrected chi connectivity index (χ3v) is 3.15. The van der Waals surface area contributed by atoms with Crippen LogP contribution in [0, 0.1) is 5.92 Å². The molecule has 1 aromatic rings. The molecule has 1 fully saturated rings. The van der Waals surface area contributed by atoms with Crippen LogP contribution in [0.25, 0.3) is 0 Å². The molecule has 2 rings (SSSR count). The van der Waals surface area contributed by atoms with Crippen molar-refractivity contribution in [3.63, 3.8) is 0 Å². The Labute approximate surface area is 104 Å². The maximum Gasteiger partial charge on any atom is 0.0812 e. The predicted octanol–water partition coefficient (Wildman–Crippen LogP) is 2.80. The minimum absolute atomic E-state index is 0.436. The molecule has 2 atom stereocenters. The molecule has 17 heavy (non-hydrogen) atoms. The molecule has 1 N–H and O–H groups in total. The highest BCUT2D eigenvalue weighted by molar-refractivity contribution is 5.15. The van der Waals surface area contributed by atoms with Crippen LogP contribution in [0.5, 0.6) is 0 Å². The van der Waals surface area contributed by atoms with Crippen molar-refractivity contribution in [3.8, 4) is 0 Å². The quantitative estimate of drug-likeness (QED) is 0.768. The summed E-state index contributed by atoms with van der Waals surface area (Å²) in [6.07, 6.45) is 3.37. The third-order valence-electron chi connectivity index (χ3n) is 3.15. The summed E-state index contributed by atoms with van der Waals surface area (Å²) in [6.45, 7) is 4.68. The Kier molecular flexibility index (Phi) is 3.85. The van der Waals surface area contributed by atoms with Gasteiger partial charge in [0.2, 0.25) is 0 Å². The van der Waals surface area contributed by atoms with E-state index in [1.807, 2.05) is 19.9 Å². The zero-order valence-corrected chi connectivity index (χ0v) is 10.7. The van der Waals surface area contributed by atoms with E-state index in [0.29, 0.717) is 12.0 Å². The highest BCUT2D eigenvalue weighted by Crippen LogP contribution is 2.28. The van der Waals surface area contributed by atoms with E-state index in [-0.39, 0.29) is 0 Å². The van der Waals surface area contributed by atoms with Gasteiger partial charge in [-0.3, -0.25) is 0 Å². The summed E-state index contributed by atoms with van der Waals surface area (Å²) in [5.74, 6) is 0.505. The van der Waals surface area contributed by atoms with Crippen LogP contribution in [0.1, 0.15) is 32.3 Å². The van der Waals surface area contributed by atoms with E-state index in [4.69, 9.17) is 4.74 Å². The van der Waals surface area contributed by atoms with E-state index in [1.54, 1.807) is 0 Å². The molecule has 0 spiro atoms. The zero-order valence-electron chi connectivity index (χ0n) is 10.7. The molecular weight excluding hydrogens is 212 g/mol. The zero-order chi connectivity index (χ0) is 12.3. The van der Waals surface area contributed by atoms with E-state index in [1.165, 1.54) is 5.56 Å². The van der Waals surface area contributed by atoms with E-state index in [9.17, 15) is 5.11 Å². The fourth-order valence-electron chi connectivity index (χ4n) is 2.47. The molecule has 2 nitrogen and oxygen atoms in total. The molecule has 1 heterocycles. The summed E-state index contributed by atoms with van der Waals surface area (Å²) in [5, 5.41) is 9.96. The predicted molar refractivity (Wildman–Crippen MR) is 68.9 cm³/mol. The molecule has 0 aliphatic carbocycles. The van der Waals surface area contributed by atoms with Gasteiger partial charge in [0.15, 0.2) is 0 Å². The van der Waals surface area contributed by atoms with Gasteiger partial charge in [-0.05, 0) is 44.6 Å². The second-order valence-corrected chi connectivity index (χ2v) is 5.76. The highest BCUT2D eigenvalue weighted by Gasteiger charge is 2.29. The number of aliphatic hydroxyl groups is 1. The molecule has 0 aromatic heterocycles. The van der Waals surface area contributed by atoms with Gasteiger partial charge in [-0.1, -0.05) is 30.3 Å². The lowest BCUT2D eigenvalue weighted by Gasteiger charge is -2.24. The van der Waals surface area contributed by atoms with Gasteiger partial charge in [0.05, 0.1) is 18.3 Å². The molecule has 1 saturated heterocycles. The lowest BCUT2D eigenvalue weighted by Crippen LogP contribution is -2.25. The van der Waals surface area contributed by atoms with Crippen molar-refractivity contribution in [3.05, 3.63) is 35.9 Å². The summed E-state index contributed by atoms with van der Waals surface area (Å²) in [5.41, 5.74) is 0.760. The molecule has 2 unspecified atom stereocenters. The molecule has 0 amide bonds. The lowest BCUT2D eigenvalue weighted by atomic mass is 9.85. The minimum atomic E-state index is -0.589. The second kappa shape index (κ2) is 5.19. The average Bonchev–Trinajstić information content (AvgIpc) is 3.00. The Bertz CT molecular complexity index is 336. The molecule has 2 heteroatoms. The first-order valence-corrected chi connectivity index (χ1v) is 6.41. The Balaban J connectivity index is 1.94. The van der Waals surface area contributed by atoms with Crippen LogP contribution in [0.3, 0.4) is 0 Å².